The van der Waals surface area contributed by atoms with Crippen LogP contribution in [0.5, 0.6) is 5.75 Å². The van der Waals surface area contributed by atoms with Gasteiger partial charge in [0.25, 0.3) is 5.91 Å². The first-order valence-corrected chi connectivity index (χ1v) is 9.01. The zero-order chi connectivity index (χ0) is 20.4. The van der Waals surface area contributed by atoms with Crippen molar-refractivity contribution < 1.29 is 24.2 Å². The van der Waals surface area contributed by atoms with Crippen LogP contribution in [0.4, 0.5) is 0 Å². The van der Waals surface area contributed by atoms with E-state index in [0.29, 0.717) is 43.7 Å². The Morgan fingerprint density at radius 1 is 0.964 bits per heavy atom. The van der Waals surface area contributed by atoms with Gasteiger partial charge in [-0.25, -0.2) is 4.79 Å². The minimum absolute atomic E-state index is 0.102. The van der Waals surface area contributed by atoms with E-state index in [1.807, 2.05) is 6.07 Å². The number of carbonyl (C=O) groups is 3. The van der Waals surface area contributed by atoms with Gasteiger partial charge in [0.05, 0.1) is 12.7 Å². The lowest BCUT2D eigenvalue weighted by Gasteiger charge is -2.10. The first-order chi connectivity index (χ1) is 13.5. The normalized spacial score (nSPS) is 10.2. The van der Waals surface area contributed by atoms with E-state index in [1.165, 1.54) is 19.2 Å². The number of aromatic carboxylic acids is 1. The molecule has 28 heavy (non-hydrogen) atoms. The molecule has 0 aliphatic carbocycles. The van der Waals surface area contributed by atoms with Gasteiger partial charge < -0.3 is 20.5 Å². The van der Waals surface area contributed by atoms with Gasteiger partial charge in [0.15, 0.2) is 0 Å². The molecule has 0 atom stereocenters. The number of ether oxygens (including phenoxy) is 1. The number of carbonyl (C=O) groups excluding carboxylic acids is 2. The molecule has 0 spiro atoms. The molecule has 0 aliphatic rings. The van der Waals surface area contributed by atoms with Crippen molar-refractivity contribution in [3.8, 4) is 5.75 Å². The van der Waals surface area contributed by atoms with Crippen LogP contribution in [0, 0.1) is 0 Å². The van der Waals surface area contributed by atoms with Gasteiger partial charge in [-0.1, -0.05) is 24.3 Å². The van der Waals surface area contributed by atoms with Crippen molar-refractivity contribution in [3.05, 3.63) is 65.2 Å². The third-order valence-corrected chi connectivity index (χ3v) is 4.15. The minimum atomic E-state index is -1.02. The quantitative estimate of drug-likeness (QED) is 0.545. The van der Waals surface area contributed by atoms with Crippen LogP contribution in [0.15, 0.2) is 48.5 Å². The minimum Gasteiger partial charge on any atom is -0.496 e. The molecule has 0 heterocycles. The van der Waals surface area contributed by atoms with E-state index < -0.39 is 5.97 Å². The van der Waals surface area contributed by atoms with Crippen molar-refractivity contribution >= 4 is 17.8 Å². The zero-order valence-electron chi connectivity index (χ0n) is 15.7. The maximum atomic E-state index is 11.9. The van der Waals surface area contributed by atoms with Gasteiger partial charge in [-0.3, -0.25) is 9.59 Å². The molecule has 0 saturated heterocycles. The standard InChI is InChI=1S/C21H24N2O5/c1-28-18-14-17(21(26)27)10-9-15(18)11-13-22-19(24)8-5-12-23-20(25)16-6-3-2-4-7-16/h2-4,6-7,9-10,14H,5,8,11-13H2,1H3,(H,22,24)(H,23,25)(H,26,27). The van der Waals surface area contributed by atoms with Gasteiger partial charge in [-0.05, 0) is 42.7 Å². The van der Waals surface area contributed by atoms with Crippen LogP contribution < -0.4 is 15.4 Å². The maximum Gasteiger partial charge on any atom is 0.335 e. The van der Waals surface area contributed by atoms with Crippen LogP contribution in [-0.2, 0) is 11.2 Å². The Balaban J connectivity index is 1.67. The van der Waals surface area contributed by atoms with Crippen LogP contribution >= 0.6 is 0 Å². The van der Waals surface area contributed by atoms with Gasteiger partial charge >= 0.3 is 5.97 Å². The molecular weight excluding hydrogens is 360 g/mol. The number of amides is 2. The number of rotatable bonds is 10. The number of nitrogens with one attached hydrogen (secondary N) is 2. The summed E-state index contributed by atoms with van der Waals surface area (Å²) < 4.78 is 5.22. The van der Waals surface area contributed by atoms with Crippen LogP contribution in [-0.4, -0.2) is 43.1 Å². The average molecular weight is 384 g/mol. The van der Waals surface area contributed by atoms with E-state index in [0.717, 1.165) is 5.56 Å². The average Bonchev–Trinajstić information content (AvgIpc) is 2.71. The fraction of sp³-hybridized carbons (Fsp3) is 0.286. The Morgan fingerprint density at radius 3 is 2.39 bits per heavy atom. The highest BCUT2D eigenvalue weighted by molar-refractivity contribution is 5.94. The van der Waals surface area contributed by atoms with Crippen LogP contribution in [0.3, 0.4) is 0 Å². The first kappa shape index (κ1) is 21.0. The zero-order valence-corrected chi connectivity index (χ0v) is 15.7. The summed E-state index contributed by atoms with van der Waals surface area (Å²) in [5, 5.41) is 14.6. The molecule has 2 aromatic rings. The molecule has 0 fully saturated rings. The van der Waals surface area contributed by atoms with Crippen LogP contribution in [0.1, 0.15) is 39.1 Å². The lowest BCUT2D eigenvalue weighted by Crippen LogP contribution is -2.28. The molecule has 0 aromatic heterocycles. The molecule has 2 aromatic carbocycles. The molecule has 0 aliphatic heterocycles. The largest absolute Gasteiger partial charge is 0.496 e. The predicted molar refractivity (Wildman–Crippen MR) is 105 cm³/mol. The van der Waals surface area contributed by atoms with Crippen molar-refractivity contribution in [2.24, 2.45) is 0 Å². The van der Waals surface area contributed by atoms with Gasteiger partial charge in [0.1, 0.15) is 5.75 Å². The molecule has 148 valence electrons. The molecule has 7 nitrogen and oxygen atoms in total. The topological polar surface area (TPSA) is 105 Å². The van der Waals surface area contributed by atoms with E-state index >= 15 is 0 Å². The molecular formula is C21H24N2O5. The molecule has 0 radical (unpaired) electrons. The summed E-state index contributed by atoms with van der Waals surface area (Å²) in [6.07, 6.45) is 1.38. The Morgan fingerprint density at radius 2 is 1.71 bits per heavy atom. The summed E-state index contributed by atoms with van der Waals surface area (Å²) in [6, 6.07) is 13.6. The van der Waals surface area contributed by atoms with E-state index in [9.17, 15) is 14.4 Å². The van der Waals surface area contributed by atoms with Crippen molar-refractivity contribution in [1.82, 2.24) is 10.6 Å². The van der Waals surface area contributed by atoms with Crippen LogP contribution in [0.2, 0.25) is 0 Å². The fourth-order valence-electron chi connectivity index (χ4n) is 2.65. The lowest BCUT2D eigenvalue weighted by molar-refractivity contribution is -0.121. The molecule has 0 unspecified atom stereocenters. The van der Waals surface area contributed by atoms with E-state index in [-0.39, 0.29) is 17.4 Å². The summed E-state index contributed by atoms with van der Waals surface area (Å²) in [5.41, 5.74) is 1.57. The second-order valence-electron chi connectivity index (χ2n) is 6.16. The second kappa shape index (κ2) is 10.7. The third-order valence-electron chi connectivity index (χ3n) is 4.15. The Bertz CT molecular complexity index is 821. The summed E-state index contributed by atoms with van der Waals surface area (Å²) >= 11 is 0. The van der Waals surface area contributed by atoms with E-state index in [4.69, 9.17) is 9.84 Å². The molecule has 0 saturated carbocycles. The predicted octanol–water partition coefficient (Wildman–Crippen LogP) is 2.26. The van der Waals surface area contributed by atoms with Crippen molar-refractivity contribution in [3.63, 3.8) is 0 Å². The van der Waals surface area contributed by atoms with Crippen LogP contribution in [0.25, 0.3) is 0 Å². The van der Waals surface area contributed by atoms with Crippen molar-refractivity contribution in [2.45, 2.75) is 19.3 Å². The molecule has 7 heteroatoms. The number of hydrogen-bond donors (Lipinski definition) is 3. The van der Waals surface area contributed by atoms with Gasteiger partial charge in [-0.15, -0.1) is 0 Å². The number of benzene rings is 2. The lowest BCUT2D eigenvalue weighted by atomic mass is 10.1. The smallest absolute Gasteiger partial charge is 0.335 e. The summed E-state index contributed by atoms with van der Waals surface area (Å²) in [4.78, 5) is 34.8. The van der Waals surface area contributed by atoms with E-state index in [2.05, 4.69) is 10.6 Å². The number of carboxylic acids is 1. The highest BCUT2D eigenvalue weighted by Crippen LogP contribution is 2.20. The SMILES string of the molecule is COc1cc(C(=O)O)ccc1CCNC(=O)CCCNC(=O)c1ccccc1. The number of hydrogen-bond acceptors (Lipinski definition) is 4. The first-order valence-electron chi connectivity index (χ1n) is 9.01. The molecule has 2 rings (SSSR count). The highest BCUT2D eigenvalue weighted by Gasteiger charge is 2.10. The monoisotopic (exact) mass is 384 g/mol. The Kier molecular flexibility index (Phi) is 8.02. The van der Waals surface area contributed by atoms with Gasteiger partial charge in [0.2, 0.25) is 5.91 Å². The molecule has 3 N–H and O–H groups in total. The molecule has 0 bridgehead atoms. The summed E-state index contributed by atoms with van der Waals surface area (Å²) in [6.45, 7) is 0.837. The van der Waals surface area contributed by atoms with E-state index in [1.54, 1.807) is 30.3 Å². The number of methoxy groups -OCH3 is 1. The fourth-order valence-corrected chi connectivity index (χ4v) is 2.65. The Labute approximate surface area is 163 Å². The number of carboxylic acid groups (broad SMARTS) is 1. The molecule has 2 amide bonds. The van der Waals surface area contributed by atoms with Crippen molar-refractivity contribution in [1.29, 1.82) is 0 Å². The second-order valence-corrected chi connectivity index (χ2v) is 6.16. The van der Waals surface area contributed by atoms with Gasteiger partial charge in [-0.2, -0.15) is 0 Å². The third kappa shape index (κ3) is 6.42. The Hall–Kier alpha value is -3.35. The van der Waals surface area contributed by atoms with Crippen molar-refractivity contribution in [2.75, 3.05) is 20.2 Å². The maximum absolute atomic E-state index is 11.9. The highest BCUT2D eigenvalue weighted by atomic mass is 16.5. The summed E-state index contributed by atoms with van der Waals surface area (Å²) in [7, 11) is 1.48. The summed E-state index contributed by atoms with van der Waals surface area (Å²) in [5.74, 6) is -0.789. The van der Waals surface area contributed by atoms with Gasteiger partial charge in [0, 0.05) is 25.1 Å².